The third kappa shape index (κ3) is 3.24. The summed E-state index contributed by atoms with van der Waals surface area (Å²) in [6.45, 7) is 4.41. The van der Waals surface area contributed by atoms with Crippen molar-refractivity contribution in [3.05, 3.63) is 70.5 Å². The van der Waals surface area contributed by atoms with Crippen molar-refractivity contribution >= 4 is 29.1 Å². The standard InChI is InChI=1S/C24H23ClN4O3/c1-14-9-15(2)29(26-14)18-6-4-5-16(10-18)23(30)27-13-19-12-21(27)24(31)28(19)17-7-8-22(32-3)20(25)11-17/h4-11,19,21H,12-13H2,1-3H3/t19-,21-/m0/s1. The highest BCUT2D eigenvalue weighted by molar-refractivity contribution is 6.32. The molecule has 2 aliphatic rings. The van der Waals surface area contributed by atoms with Gasteiger partial charge in [-0.3, -0.25) is 9.59 Å². The van der Waals surface area contributed by atoms with E-state index in [1.807, 2.05) is 48.9 Å². The Hall–Kier alpha value is -3.32. The molecule has 0 unspecified atom stereocenters. The summed E-state index contributed by atoms with van der Waals surface area (Å²) in [5, 5.41) is 4.96. The predicted octanol–water partition coefficient (Wildman–Crippen LogP) is 3.78. The number of aromatic nitrogens is 2. The van der Waals surface area contributed by atoms with Gasteiger partial charge in [0.15, 0.2) is 0 Å². The zero-order valence-corrected chi connectivity index (χ0v) is 18.8. The largest absolute Gasteiger partial charge is 0.495 e. The predicted molar refractivity (Wildman–Crippen MR) is 122 cm³/mol. The maximum absolute atomic E-state index is 13.3. The van der Waals surface area contributed by atoms with Gasteiger partial charge in [-0.05, 0) is 62.7 Å². The van der Waals surface area contributed by atoms with Gasteiger partial charge in [-0.15, -0.1) is 0 Å². The summed E-state index contributed by atoms with van der Waals surface area (Å²) in [6.07, 6.45) is 0.616. The summed E-state index contributed by atoms with van der Waals surface area (Å²) in [5.41, 5.74) is 4.02. The molecule has 8 heteroatoms. The number of fused-ring (bicyclic) bond motifs is 2. The first kappa shape index (κ1) is 20.6. The second-order valence-corrected chi connectivity index (χ2v) is 8.69. The van der Waals surface area contributed by atoms with Crippen LogP contribution in [0.5, 0.6) is 5.75 Å². The molecule has 0 radical (unpaired) electrons. The Balaban J connectivity index is 1.38. The van der Waals surface area contributed by atoms with Crippen molar-refractivity contribution in [1.29, 1.82) is 0 Å². The molecule has 0 aliphatic carbocycles. The van der Waals surface area contributed by atoms with E-state index in [1.54, 1.807) is 35.1 Å². The van der Waals surface area contributed by atoms with E-state index < -0.39 is 6.04 Å². The fraction of sp³-hybridized carbons (Fsp3) is 0.292. The molecule has 2 atom stereocenters. The van der Waals surface area contributed by atoms with Gasteiger partial charge in [-0.2, -0.15) is 5.10 Å². The second-order valence-electron chi connectivity index (χ2n) is 8.28. The quantitative estimate of drug-likeness (QED) is 0.606. The molecule has 7 nitrogen and oxygen atoms in total. The summed E-state index contributed by atoms with van der Waals surface area (Å²) in [4.78, 5) is 29.9. The first-order chi connectivity index (χ1) is 15.4. The van der Waals surface area contributed by atoms with E-state index in [2.05, 4.69) is 5.10 Å². The number of benzene rings is 2. The average molecular weight is 451 g/mol. The van der Waals surface area contributed by atoms with Crippen LogP contribution in [0.25, 0.3) is 5.69 Å². The van der Waals surface area contributed by atoms with Crippen LogP contribution in [0.3, 0.4) is 0 Å². The van der Waals surface area contributed by atoms with E-state index in [9.17, 15) is 9.59 Å². The first-order valence-corrected chi connectivity index (χ1v) is 10.9. The number of carbonyl (C=O) groups is 2. The van der Waals surface area contributed by atoms with Gasteiger partial charge >= 0.3 is 0 Å². The molecule has 2 aliphatic heterocycles. The zero-order valence-electron chi connectivity index (χ0n) is 18.1. The van der Waals surface area contributed by atoms with Crippen LogP contribution in [0.2, 0.25) is 5.02 Å². The SMILES string of the molecule is COc1ccc(N2C(=O)[C@@H]3C[C@H]2CN3C(=O)c2cccc(-n3nc(C)cc3C)c2)cc1Cl. The Labute approximate surface area is 191 Å². The Morgan fingerprint density at radius 3 is 2.59 bits per heavy atom. The Kier molecular flexibility index (Phi) is 4.93. The summed E-state index contributed by atoms with van der Waals surface area (Å²) >= 11 is 6.26. The lowest BCUT2D eigenvalue weighted by atomic mass is 10.1. The third-order valence-corrected chi connectivity index (χ3v) is 6.48. The van der Waals surface area contributed by atoms with Crippen molar-refractivity contribution in [3.8, 4) is 11.4 Å². The number of likely N-dealkylation sites (tertiary alicyclic amines) is 1. The van der Waals surface area contributed by atoms with Crippen LogP contribution in [0.15, 0.2) is 48.5 Å². The molecule has 32 heavy (non-hydrogen) atoms. The Bertz CT molecular complexity index is 1240. The number of piperazine rings is 1. The van der Waals surface area contributed by atoms with Gasteiger partial charge < -0.3 is 14.5 Å². The van der Waals surface area contributed by atoms with Crippen molar-refractivity contribution in [2.75, 3.05) is 18.6 Å². The molecule has 3 heterocycles. The molecule has 0 N–H and O–H groups in total. The maximum Gasteiger partial charge on any atom is 0.254 e. The maximum atomic E-state index is 13.3. The van der Waals surface area contributed by atoms with Gasteiger partial charge in [-0.25, -0.2) is 4.68 Å². The van der Waals surface area contributed by atoms with Crippen molar-refractivity contribution in [2.24, 2.45) is 0 Å². The second kappa shape index (κ2) is 7.67. The number of nitrogens with zero attached hydrogens (tertiary/aromatic N) is 4. The minimum Gasteiger partial charge on any atom is -0.495 e. The number of rotatable bonds is 4. The molecule has 0 spiro atoms. The molecule has 164 valence electrons. The number of carbonyl (C=O) groups excluding carboxylic acids is 2. The molecule has 2 bridgehead atoms. The summed E-state index contributed by atoms with van der Waals surface area (Å²) < 4.78 is 7.03. The number of anilines is 1. The molecule has 2 amide bonds. The van der Waals surface area contributed by atoms with Crippen LogP contribution in [0.1, 0.15) is 28.2 Å². The monoisotopic (exact) mass is 450 g/mol. The molecule has 1 aromatic heterocycles. The van der Waals surface area contributed by atoms with Crippen molar-refractivity contribution in [3.63, 3.8) is 0 Å². The van der Waals surface area contributed by atoms with Crippen LogP contribution in [0, 0.1) is 13.8 Å². The number of methoxy groups -OCH3 is 1. The summed E-state index contributed by atoms with van der Waals surface area (Å²) in [6, 6.07) is 14.2. The molecular formula is C24H23ClN4O3. The van der Waals surface area contributed by atoms with Crippen LogP contribution in [-0.2, 0) is 4.79 Å². The lowest BCUT2D eigenvalue weighted by Crippen LogP contribution is -2.52. The van der Waals surface area contributed by atoms with E-state index in [0.717, 1.165) is 22.8 Å². The van der Waals surface area contributed by atoms with E-state index in [-0.39, 0.29) is 17.9 Å². The number of ether oxygens (including phenoxy) is 1. The molecule has 3 aromatic rings. The van der Waals surface area contributed by atoms with E-state index in [4.69, 9.17) is 16.3 Å². The molecule has 0 saturated carbocycles. The first-order valence-electron chi connectivity index (χ1n) is 10.5. The number of aryl methyl sites for hydroxylation is 2. The number of hydrogen-bond acceptors (Lipinski definition) is 4. The van der Waals surface area contributed by atoms with Gasteiger partial charge in [0.1, 0.15) is 11.8 Å². The summed E-state index contributed by atoms with van der Waals surface area (Å²) in [5.74, 6) is 0.346. The van der Waals surface area contributed by atoms with E-state index >= 15 is 0 Å². The van der Waals surface area contributed by atoms with Crippen molar-refractivity contribution in [2.45, 2.75) is 32.4 Å². The minimum absolute atomic E-state index is 0.0693. The molecule has 5 rings (SSSR count). The molecule has 2 saturated heterocycles. The van der Waals surface area contributed by atoms with Crippen LogP contribution in [-0.4, -0.2) is 52.2 Å². The van der Waals surface area contributed by atoms with Gasteiger partial charge in [0.05, 0.1) is 29.6 Å². The Morgan fingerprint density at radius 1 is 1.12 bits per heavy atom. The van der Waals surface area contributed by atoms with E-state index in [0.29, 0.717) is 29.3 Å². The Morgan fingerprint density at radius 2 is 1.94 bits per heavy atom. The van der Waals surface area contributed by atoms with Gasteiger partial charge in [0, 0.05) is 23.5 Å². The number of amides is 2. The third-order valence-electron chi connectivity index (χ3n) is 6.19. The average Bonchev–Trinajstić information content (AvgIpc) is 3.45. The molecular weight excluding hydrogens is 428 g/mol. The fourth-order valence-electron chi connectivity index (χ4n) is 4.77. The minimum atomic E-state index is -0.467. The van der Waals surface area contributed by atoms with Gasteiger partial charge in [0.25, 0.3) is 5.91 Å². The lowest BCUT2D eigenvalue weighted by molar-refractivity contribution is -0.121. The molecule has 2 fully saturated rings. The fourth-order valence-corrected chi connectivity index (χ4v) is 5.02. The normalized spacial score (nSPS) is 19.7. The highest BCUT2D eigenvalue weighted by Crippen LogP contribution is 2.39. The zero-order chi connectivity index (χ0) is 22.6. The number of hydrogen-bond donors (Lipinski definition) is 0. The smallest absolute Gasteiger partial charge is 0.254 e. The van der Waals surface area contributed by atoms with Crippen LogP contribution >= 0.6 is 11.6 Å². The van der Waals surface area contributed by atoms with Crippen molar-refractivity contribution < 1.29 is 14.3 Å². The van der Waals surface area contributed by atoms with E-state index in [1.165, 1.54) is 0 Å². The highest BCUT2D eigenvalue weighted by Gasteiger charge is 2.52. The lowest BCUT2D eigenvalue weighted by Gasteiger charge is -2.34. The van der Waals surface area contributed by atoms with Crippen LogP contribution < -0.4 is 9.64 Å². The van der Waals surface area contributed by atoms with Gasteiger partial charge in [-0.1, -0.05) is 17.7 Å². The van der Waals surface area contributed by atoms with Crippen LogP contribution in [0.4, 0.5) is 5.69 Å². The summed E-state index contributed by atoms with van der Waals surface area (Å²) in [7, 11) is 1.55. The van der Waals surface area contributed by atoms with Crippen molar-refractivity contribution in [1.82, 2.24) is 14.7 Å². The highest BCUT2D eigenvalue weighted by atomic mass is 35.5. The topological polar surface area (TPSA) is 67.7 Å². The number of halogens is 1. The van der Waals surface area contributed by atoms with Gasteiger partial charge in [0.2, 0.25) is 5.91 Å². The molecule has 2 aromatic carbocycles.